The molecule has 6 heteroatoms. The molecule has 0 fully saturated rings. The van der Waals surface area contributed by atoms with Gasteiger partial charge in [-0.3, -0.25) is 4.46 Å². The monoisotopic (exact) mass is 168 g/mol. The summed E-state index contributed by atoms with van der Waals surface area (Å²) >= 11 is 0. The van der Waals surface area contributed by atoms with Crippen LogP contribution in [0.3, 0.4) is 0 Å². The van der Waals surface area contributed by atoms with E-state index in [4.69, 9.17) is 14.1 Å². The van der Waals surface area contributed by atoms with Crippen molar-refractivity contribution in [2.24, 2.45) is 0 Å². The van der Waals surface area contributed by atoms with Gasteiger partial charge >= 0.3 is 29.0 Å². The molecule has 0 radical (unpaired) electrons. The van der Waals surface area contributed by atoms with Crippen molar-refractivity contribution in [3.63, 3.8) is 0 Å². The molecule has 4 N–H and O–H groups in total. The maximum absolute atomic E-state index is 8.74. The van der Waals surface area contributed by atoms with E-state index in [1.54, 1.807) is 0 Å². The zero-order chi connectivity index (χ0) is 3.58. The second-order valence-corrected chi connectivity index (χ2v) is 0.848. The fourth-order valence-corrected chi connectivity index (χ4v) is 0. The summed E-state index contributed by atoms with van der Waals surface area (Å²) in [5, 5.41) is 0. The average Bonchev–Trinajstić information content (AvgIpc) is 0.811. The average molecular weight is 169 g/mol. The van der Waals surface area contributed by atoms with Gasteiger partial charge in [0.2, 0.25) is 0 Å². The van der Waals surface area contributed by atoms with Crippen molar-refractivity contribution in [3.8, 4) is 0 Å². The number of rotatable bonds is 0. The molecule has 0 aromatic rings. The number of hydrogen-bond donors (Lipinski definition) is 2. The van der Waals surface area contributed by atoms with Crippen LogP contribution in [0.4, 0.5) is 0 Å². The first kappa shape index (κ1) is 16.4. The molecule has 0 amide bonds. The second-order valence-electron chi connectivity index (χ2n) is 0.283. The van der Waals surface area contributed by atoms with Crippen molar-refractivity contribution in [1.82, 2.24) is 0 Å². The van der Waals surface area contributed by atoms with E-state index in [-0.39, 0.29) is 25.3 Å². The van der Waals surface area contributed by atoms with Gasteiger partial charge in [0.15, 0.2) is 0 Å². The van der Waals surface area contributed by atoms with Crippen LogP contribution in [-0.4, -0.2) is 44.0 Å². The third-order valence-electron chi connectivity index (χ3n) is 0. The quantitative estimate of drug-likeness (QED) is 0.366. The first-order valence-corrected chi connectivity index (χ1v) is 1.95. The fraction of sp³-hybridized carbons (Fsp3) is 0. The molecule has 0 aromatic carbocycles. The van der Waals surface area contributed by atoms with E-state index in [0.29, 0.717) is 0 Å². The molecular weight excluding hydrogens is 162 g/mol. The van der Waals surface area contributed by atoms with Crippen molar-refractivity contribution in [2.75, 3.05) is 0 Å². The van der Waals surface area contributed by atoms with E-state index < -0.39 is 9.17 Å². The molecule has 0 aliphatic heterocycles. The van der Waals surface area contributed by atoms with Gasteiger partial charge in [-0.15, -0.1) is 0 Å². The summed E-state index contributed by atoms with van der Waals surface area (Å²) in [5.41, 5.74) is 0. The Morgan fingerprint density at radius 3 is 1.33 bits per heavy atom. The van der Waals surface area contributed by atoms with Gasteiger partial charge in [0.05, 0.1) is 0 Å². The van der Waals surface area contributed by atoms with Crippen LogP contribution < -0.4 is 0 Å². The molecule has 0 saturated carbocycles. The first-order chi connectivity index (χ1) is 1.73. The molecule has 0 unspecified atom stereocenters. The Balaban J connectivity index is -0.0000000450. The van der Waals surface area contributed by atoms with Gasteiger partial charge in [-0.1, -0.05) is 0 Å². The van der Waals surface area contributed by atoms with Crippen molar-refractivity contribution in [2.45, 2.75) is 0 Å². The fourth-order valence-electron chi connectivity index (χ4n) is 0. The molecule has 0 atom stereocenters. The summed E-state index contributed by atoms with van der Waals surface area (Å²) < 4.78 is 8.74. The van der Waals surface area contributed by atoms with Crippen LogP contribution in [0.15, 0.2) is 0 Å². The van der Waals surface area contributed by atoms with E-state index in [0.717, 1.165) is 0 Å². The van der Waals surface area contributed by atoms with E-state index in [2.05, 4.69) is 0 Å². The zero-order valence-electron chi connectivity index (χ0n) is 2.30. The summed E-state index contributed by atoms with van der Waals surface area (Å²) in [7, 11) is -3.13. The Bertz CT molecular complexity index is 30.5. The molecule has 4 nitrogen and oxygen atoms in total. The molecule has 0 saturated heterocycles. The standard InChI is InChI=1S/Ga.H2O3Si.H2O.3H/c;1-4(2)3;;;;/h;1-2H;1H2;;;. The van der Waals surface area contributed by atoms with Gasteiger partial charge in [0.25, 0.3) is 0 Å². The van der Waals surface area contributed by atoms with Crippen LogP contribution in [0.1, 0.15) is 0 Å². The molecule has 0 spiro atoms. The Hall–Kier alpha value is 0.213. The predicted molar refractivity (Wildman–Crippen MR) is 24.4 cm³/mol. The van der Waals surface area contributed by atoms with Crippen LogP contribution in [-0.2, 0) is 4.46 Å². The van der Waals surface area contributed by atoms with Gasteiger partial charge in [0, 0.05) is 0 Å². The van der Waals surface area contributed by atoms with Gasteiger partial charge in [0.1, 0.15) is 0 Å². The number of hydrogen-bond acceptors (Lipinski definition) is 1. The third-order valence-corrected chi connectivity index (χ3v) is 0. The summed E-state index contributed by atoms with van der Waals surface area (Å²) in [6.45, 7) is 0. The molecule has 0 aliphatic carbocycles. The van der Waals surface area contributed by atoms with Crippen LogP contribution >= 0.6 is 0 Å². The van der Waals surface area contributed by atoms with Gasteiger partial charge in [-0.25, -0.2) is 0 Å². The molecule has 38 valence electrons. The summed E-state index contributed by atoms with van der Waals surface area (Å²) in [5.74, 6) is 0. The van der Waals surface area contributed by atoms with E-state index in [9.17, 15) is 0 Å². The first-order valence-electron chi connectivity index (χ1n) is 0.651. The van der Waals surface area contributed by atoms with Crippen LogP contribution in [0, 0.1) is 0 Å². The molecule has 0 rings (SSSR count). The van der Waals surface area contributed by atoms with Crippen molar-refractivity contribution in [1.29, 1.82) is 0 Å². The molecule has 0 heterocycles. The minimum absolute atomic E-state index is 0. The topological polar surface area (TPSA) is 89.0 Å². The SMILES string of the molecule is O.O=[Si](O)O.[GaH3]. The van der Waals surface area contributed by atoms with Crippen LogP contribution in [0.5, 0.6) is 0 Å². The van der Waals surface area contributed by atoms with Gasteiger partial charge < -0.3 is 15.1 Å². The van der Waals surface area contributed by atoms with Crippen molar-refractivity contribution >= 4 is 29.0 Å². The zero-order valence-corrected chi connectivity index (χ0v) is 3.30. The van der Waals surface area contributed by atoms with E-state index in [1.807, 2.05) is 0 Å². The maximum atomic E-state index is 8.74. The second kappa shape index (κ2) is 8.96. The van der Waals surface area contributed by atoms with E-state index >= 15 is 0 Å². The van der Waals surface area contributed by atoms with Crippen molar-refractivity contribution < 1.29 is 19.5 Å². The molecule has 6 heavy (non-hydrogen) atoms. The Kier molecular flexibility index (Phi) is 24.4. The van der Waals surface area contributed by atoms with Crippen LogP contribution in [0.2, 0.25) is 0 Å². The summed E-state index contributed by atoms with van der Waals surface area (Å²) in [4.78, 5) is 14.3. The van der Waals surface area contributed by atoms with Gasteiger partial charge in [-0.2, -0.15) is 0 Å². The Morgan fingerprint density at radius 1 is 1.33 bits per heavy atom. The minimum atomic E-state index is -3.13. The molecule has 0 bridgehead atoms. The predicted octanol–water partition coefficient (Wildman–Crippen LogP) is -3.62. The molecule has 0 aliphatic rings. The van der Waals surface area contributed by atoms with E-state index in [1.165, 1.54) is 0 Å². The summed E-state index contributed by atoms with van der Waals surface area (Å²) in [6.07, 6.45) is 0. The third kappa shape index (κ3) is 957. The molecular formula is H7GaO4Si. The van der Waals surface area contributed by atoms with Gasteiger partial charge in [-0.05, 0) is 0 Å². The normalized spacial score (nSPS) is 4.00. The Labute approximate surface area is 49.1 Å². The molecule has 0 aromatic heterocycles. The summed E-state index contributed by atoms with van der Waals surface area (Å²) in [6, 6.07) is 0. The van der Waals surface area contributed by atoms with Crippen molar-refractivity contribution in [3.05, 3.63) is 0 Å². The Morgan fingerprint density at radius 2 is 1.33 bits per heavy atom. The van der Waals surface area contributed by atoms with Crippen LogP contribution in [0.25, 0.3) is 0 Å².